The van der Waals surface area contributed by atoms with Gasteiger partial charge in [0.25, 0.3) is 11.6 Å². The summed E-state index contributed by atoms with van der Waals surface area (Å²) in [7, 11) is 3.88. The number of non-ortho nitro benzene ring substituents is 1. The molecule has 0 atom stereocenters. The second-order valence-corrected chi connectivity index (χ2v) is 5.42. The lowest BCUT2D eigenvalue weighted by atomic mass is 10.1. The molecule has 1 aromatic carbocycles. The molecule has 1 amide bonds. The van der Waals surface area contributed by atoms with E-state index in [0.717, 1.165) is 13.0 Å². The Balaban J connectivity index is 2.95. The van der Waals surface area contributed by atoms with E-state index < -0.39 is 4.92 Å². The van der Waals surface area contributed by atoms with Crippen molar-refractivity contribution in [2.75, 3.05) is 33.7 Å². The van der Waals surface area contributed by atoms with Crippen LogP contribution in [0.25, 0.3) is 0 Å². The van der Waals surface area contributed by atoms with Crippen LogP contribution in [0.5, 0.6) is 0 Å². The van der Waals surface area contributed by atoms with Crippen molar-refractivity contribution in [2.24, 2.45) is 0 Å². The lowest BCUT2D eigenvalue weighted by Crippen LogP contribution is -2.37. The summed E-state index contributed by atoms with van der Waals surface area (Å²) in [6.07, 6.45) is 0.837. The van der Waals surface area contributed by atoms with Crippen molar-refractivity contribution in [1.29, 1.82) is 0 Å². The zero-order valence-electron chi connectivity index (χ0n) is 12.5. The highest BCUT2D eigenvalue weighted by molar-refractivity contribution is 6.34. The highest BCUT2D eigenvalue weighted by Gasteiger charge is 2.20. The van der Waals surface area contributed by atoms with E-state index in [9.17, 15) is 14.9 Å². The zero-order valence-corrected chi connectivity index (χ0v) is 13.3. The van der Waals surface area contributed by atoms with E-state index in [-0.39, 0.29) is 16.6 Å². The van der Waals surface area contributed by atoms with Gasteiger partial charge in [0, 0.05) is 31.8 Å². The molecule has 6 nitrogen and oxygen atoms in total. The van der Waals surface area contributed by atoms with Crippen molar-refractivity contribution >= 4 is 23.2 Å². The summed E-state index contributed by atoms with van der Waals surface area (Å²) in [4.78, 5) is 26.4. The van der Waals surface area contributed by atoms with E-state index in [2.05, 4.69) is 0 Å². The van der Waals surface area contributed by atoms with Crippen molar-refractivity contribution in [1.82, 2.24) is 9.80 Å². The van der Waals surface area contributed by atoms with Gasteiger partial charge in [-0.25, -0.2) is 0 Å². The molecule has 0 saturated heterocycles. The van der Waals surface area contributed by atoms with Gasteiger partial charge in [0.1, 0.15) is 0 Å². The first-order chi connectivity index (χ1) is 9.86. The number of nitrogens with zero attached hydrogens (tertiary/aromatic N) is 3. The molecule has 0 spiro atoms. The average Bonchev–Trinajstić information content (AvgIpc) is 2.42. The van der Waals surface area contributed by atoms with Crippen LogP contribution in [0.4, 0.5) is 5.69 Å². The maximum atomic E-state index is 12.5. The fourth-order valence-corrected chi connectivity index (χ4v) is 2.12. The van der Waals surface area contributed by atoms with Gasteiger partial charge in [0.05, 0.1) is 15.5 Å². The lowest BCUT2D eigenvalue weighted by Gasteiger charge is -2.24. The zero-order chi connectivity index (χ0) is 16.0. The van der Waals surface area contributed by atoms with E-state index in [1.54, 1.807) is 4.90 Å². The van der Waals surface area contributed by atoms with Gasteiger partial charge in [-0.1, -0.05) is 18.5 Å². The molecule has 0 N–H and O–H groups in total. The molecular weight excluding hydrogens is 294 g/mol. The third-order valence-electron chi connectivity index (χ3n) is 2.99. The Morgan fingerprint density at radius 2 is 1.95 bits per heavy atom. The van der Waals surface area contributed by atoms with E-state index >= 15 is 0 Å². The number of carbonyl (C=O) groups excluding carboxylic acids is 1. The molecule has 0 aliphatic rings. The maximum Gasteiger partial charge on any atom is 0.270 e. The number of rotatable bonds is 7. The molecule has 0 aromatic heterocycles. The quantitative estimate of drug-likeness (QED) is 0.573. The standard InChI is InChI=1S/C14H20ClN3O3/c1-4-7-17(9-8-16(2)3)14(19)12-6-5-11(18(20)21)10-13(12)15/h5-6,10H,4,7-9H2,1-3H3. The number of amides is 1. The van der Waals surface area contributed by atoms with Gasteiger partial charge in [-0.15, -0.1) is 0 Å². The van der Waals surface area contributed by atoms with Gasteiger partial charge in [0.15, 0.2) is 0 Å². The molecule has 0 aliphatic heterocycles. The van der Waals surface area contributed by atoms with Crippen molar-refractivity contribution < 1.29 is 9.72 Å². The molecule has 0 radical (unpaired) electrons. The summed E-state index contributed by atoms with van der Waals surface area (Å²) in [6.45, 7) is 3.96. The Morgan fingerprint density at radius 3 is 2.43 bits per heavy atom. The Kier molecular flexibility index (Phi) is 6.58. The molecule has 0 unspecified atom stereocenters. The van der Waals surface area contributed by atoms with Crippen LogP contribution < -0.4 is 0 Å². The first kappa shape index (κ1) is 17.4. The van der Waals surface area contributed by atoms with Gasteiger partial charge in [-0.05, 0) is 26.6 Å². The second kappa shape index (κ2) is 7.95. The smallest absolute Gasteiger partial charge is 0.270 e. The topological polar surface area (TPSA) is 66.7 Å². The van der Waals surface area contributed by atoms with Crippen LogP contribution in [-0.4, -0.2) is 54.4 Å². The predicted molar refractivity (Wildman–Crippen MR) is 82.9 cm³/mol. The van der Waals surface area contributed by atoms with Crippen LogP contribution >= 0.6 is 11.6 Å². The number of halogens is 1. The average molecular weight is 314 g/mol. The fraction of sp³-hybridized carbons (Fsp3) is 0.500. The Morgan fingerprint density at radius 1 is 1.29 bits per heavy atom. The number of nitro benzene ring substituents is 1. The summed E-state index contributed by atoms with van der Waals surface area (Å²) >= 11 is 6.01. The van der Waals surface area contributed by atoms with E-state index in [1.807, 2.05) is 25.9 Å². The molecule has 0 heterocycles. The normalized spacial score (nSPS) is 10.7. The van der Waals surface area contributed by atoms with E-state index in [4.69, 9.17) is 11.6 Å². The predicted octanol–water partition coefficient (Wildman–Crippen LogP) is 2.66. The first-order valence-electron chi connectivity index (χ1n) is 6.74. The highest BCUT2D eigenvalue weighted by Crippen LogP contribution is 2.23. The molecule has 0 saturated carbocycles. The Bertz CT molecular complexity index is 520. The summed E-state index contributed by atoms with van der Waals surface area (Å²) < 4.78 is 0. The number of hydrogen-bond donors (Lipinski definition) is 0. The molecular formula is C14H20ClN3O3. The van der Waals surface area contributed by atoms with Crippen molar-refractivity contribution in [2.45, 2.75) is 13.3 Å². The minimum absolute atomic E-state index is 0.111. The molecule has 0 fully saturated rings. The molecule has 21 heavy (non-hydrogen) atoms. The van der Waals surface area contributed by atoms with E-state index in [0.29, 0.717) is 18.7 Å². The highest BCUT2D eigenvalue weighted by atomic mass is 35.5. The molecule has 1 aromatic rings. The van der Waals surface area contributed by atoms with Gasteiger partial charge in [-0.3, -0.25) is 14.9 Å². The number of benzene rings is 1. The van der Waals surface area contributed by atoms with Crippen LogP contribution in [0.2, 0.25) is 5.02 Å². The number of carbonyl (C=O) groups is 1. The van der Waals surface area contributed by atoms with Gasteiger partial charge in [-0.2, -0.15) is 0 Å². The minimum Gasteiger partial charge on any atom is -0.337 e. The first-order valence-corrected chi connectivity index (χ1v) is 7.12. The summed E-state index contributed by atoms with van der Waals surface area (Å²) in [5.41, 5.74) is 0.182. The third-order valence-corrected chi connectivity index (χ3v) is 3.30. The lowest BCUT2D eigenvalue weighted by molar-refractivity contribution is -0.384. The van der Waals surface area contributed by atoms with Crippen LogP contribution in [-0.2, 0) is 0 Å². The summed E-state index contributed by atoms with van der Waals surface area (Å²) in [6, 6.07) is 3.93. The van der Waals surface area contributed by atoms with Crippen LogP contribution in [0.3, 0.4) is 0 Å². The SMILES string of the molecule is CCCN(CCN(C)C)C(=O)c1ccc([N+](=O)[O-])cc1Cl. The molecule has 0 bridgehead atoms. The van der Waals surface area contributed by atoms with Gasteiger partial charge in [0.2, 0.25) is 0 Å². The second-order valence-electron chi connectivity index (χ2n) is 5.02. The van der Waals surface area contributed by atoms with Crippen molar-refractivity contribution in [3.05, 3.63) is 38.9 Å². The van der Waals surface area contributed by atoms with Crippen molar-refractivity contribution in [3.63, 3.8) is 0 Å². The van der Waals surface area contributed by atoms with Gasteiger partial charge < -0.3 is 9.80 Å². The van der Waals surface area contributed by atoms with E-state index in [1.165, 1.54) is 18.2 Å². The molecule has 0 aliphatic carbocycles. The largest absolute Gasteiger partial charge is 0.337 e. The number of nitro groups is 1. The molecule has 7 heteroatoms. The monoisotopic (exact) mass is 313 g/mol. The number of likely N-dealkylation sites (N-methyl/N-ethyl adjacent to an activating group) is 1. The Labute approximate surface area is 129 Å². The van der Waals surface area contributed by atoms with Crippen molar-refractivity contribution in [3.8, 4) is 0 Å². The Hall–Kier alpha value is -1.66. The summed E-state index contributed by atoms with van der Waals surface area (Å²) in [5.74, 6) is -0.196. The fourth-order valence-electron chi connectivity index (χ4n) is 1.87. The van der Waals surface area contributed by atoms with Crippen LogP contribution in [0.1, 0.15) is 23.7 Å². The maximum absolute atomic E-state index is 12.5. The molecule has 1 rings (SSSR count). The minimum atomic E-state index is -0.532. The van der Waals surface area contributed by atoms with Crippen LogP contribution in [0.15, 0.2) is 18.2 Å². The number of hydrogen-bond acceptors (Lipinski definition) is 4. The molecule has 116 valence electrons. The van der Waals surface area contributed by atoms with Crippen LogP contribution in [0, 0.1) is 10.1 Å². The third kappa shape index (κ3) is 4.99. The van der Waals surface area contributed by atoms with Gasteiger partial charge >= 0.3 is 0 Å². The summed E-state index contributed by atoms with van der Waals surface area (Å²) in [5, 5.41) is 10.8.